The Kier molecular flexibility index (Phi) is 15.2. The molecular formula is C40H47N5O7. The first-order valence-electron chi connectivity index (χ1n) is 17.4. The Balaban J connectivity index is 1.53. The molecule has 0 aliphatic heterocycles. The summed E-state index contributed by atoms with van der Waals surface area (Å²) in [5, 5.41) is 23.1. The van der Waals surface area contributed by atoms with Crippen LogP contribution in [0.25, 0.3) is 0 Å². The van der Waals surface area contributed by atoms with Crippen LogP contribution in [0.1, 0.15) is 54.4 Å². The largest absolute Gasteiger partial charge is 0.450 e. The zero-order valence-electron chi connectivity index (χ0n) is 29.7. The van der Waals surface area contributed by atoms with Crippen LogP contribution in [0.5, 0.6) is 0 Å². The highest BCUT2D eigenvalue weighted by molar-refractivity contribution is 6.02. The molecule has 4 amide bonds. The average molecular weight is 710 g/mol. The number of pyridine rings is 1. The first kappa shape index (κ1) is 39.0. The zero-order valence-corrected chi connectivity index (χ0v) is 29.7. The van der Waals surface area contributed by atoms with Gasteiger partial charge in [-0.1, -0.05) is 92.7 Å². The number of para-hydroxylation sites is 1. The van der Waals surface area contributed by atoms with Crippen molar-refractivity contribution in [2.45, 2.75) is 70.9 Å². The van der Waals surface area contributed by atoms with Crippen LogP contribution in [0.2, 0.25) is 0 Å². The quantitative estimate of drug-likeness (QED) is 0.0969. The van der Waals surface area contributed by atoms with Crippen LogP contribution in [0.4, 0.5) is 15.3 Å². The van der Waals surface area contributed by atoms with Crippen LogP contribution in [-0.4, -0.2) is 64.9 Å². The molecule has 0 unspecified atom stereocenters. The van der Waals surface area contributed by atoms with Crippen molar-refractivity contribution in [3.05, 3.63) is 132 Å². The normalized spacial score (nSPS) is 13.2. The summed E-state index contributed by atoms with van der Waals surface area (Å²) in [5.41, 5.74) is 2.82. The molecule has 0 bridgehead atoms. The maximum atomic E-state index is 13.9. The van der Waals surface area contributed by atoms with E-state index in [4.69, 9.17) is 9.47 Å². The Bertz CT molecular complexity index is 1720. The summed E-state index contributed by atoms with van der Waals surface area (Å²) in [6.45, 7) is 5.39. The number of anilines is 1. The molecule has 4 aromatic rings. The number of nitrogens with zero attached hydrogens (tertiary/aromatic N) is 1. The second-order valence-corrected chi connectivity index (χ2v) is 12.6. The second kappa shape index (κ2) is 20.2. The third kappa shape index (κ3) is 12.5. The lowest BCUT2D eigenvalue weighted by Crippen LogP contribution is -2.56. The van der Waals surface area contributed by atoms with Gasteiger partial charge in [-0.2, -0.15) is 0 Å². The van der Waals surface area contributed by atoms with Gasteiger partial charge in [0.05, 0.1) is 35.7 Å². The molecule has 12 nitrogen and oxygen atoms in total. The minimum absolute atomic E-state index is 0.0461. The molecule has 4 rings (SSSR count). The Hall–Kier alpha value is -5.75. The fourth-order valence-corrected chi connectivity index (χ4v) is 5.63. The van der Waals surface area contributed by atoms with Crippen molar-refractivity contribution in [2.24, 2.45) is 5.92 Å². The molecule has 0 spiro atoms. The number of carbonyl (C=O) groups is 4. The fourth-order valence-electron chi connectivity index (χ4n) is 5.63. The molecule has 1 aromatic heterocycles. The van der Waals surface area contributed by atoms with Gasteiger partial charge in [0.25, 0.3) is 5.91 Å². The van der Waals surface area contributed by atoms with Gasteiger partial charge in [0.1, 0.15) is 12.6 Å². The van der Waals surface area contributed by atoms with Crippen molar-refractivity contribution in [2.75, 3.05) is 11.9 Å². The lowest BCUT2D eigenvalue weighted by atomic mass is 9.92. The number of ether oxygens (including phenoxy) is 2. The molecule has 0 saturated carbocycles. The van der Waals surface area contributed by atoms with Crippen LogP contribution >= 0.6 is 0 Å². The molecule has 274 valence electrons. The van der Waals surface area contributed by atoms with Gasteiger partial charge in [0.2, 0.25) is 5.91 Å². The average Bonchev–Trinajstić information content (AvgIpc) is 3.14. The van der Waals surface area contributed by atoms with Gasteiger partial charge >= 0.3 is 12.2 Å². The highest BCUT2D eigenvalue weighted by atomic mass is 16.6. The molecule has 0 fully saturated rings. The van der Waals surface area contributed by atoms with Crippen molar-refractivity contribution >= 4 is 29.7 Å². The van der Waals surface area contributed by atoms with Gasteiger partial charge in [-0.05, 0) is 67.5 Å². The Labute approximate surface area is 304 Å². The Morgan fingerprint density at radius 1 is 0.731 bits per heavy atom. The number of aliphatic hydroxyl groups is 1. The number of aliphatic hydroxyl groups excluding tert-OH is 1. The zero-order chi connectivity index (χ0) is 37.3. The molecule has 12 heteroatoms. The first-order chi connectivity index (χ1) is 25.1. The summed E-state index contributed by atoms with van der Waals surface area (Å²) < 4.78 is 10.3. The maximum absolute atomic E-state index is 13.9. The van der Waals surface area contributed by atoms with Crippen molar-refractivity contribution in [1.82, 2.24) is 20.9 Å². The molecule has 5 N–H and O–H groups in total. The van der Waals surface area contributed by atoms with Gasteiger partial charge in [0.15, 0.2) is 0 Å². The SMILES string of the molecule is CCOC(=O)N[C@@H](C(=O)N[C@@H](Cc1ccccc1)[C@@H](O)C[C@H](Cc1ccccc1)NC(=O)c1ccccc1NC(=O)OCc1ccccn1)C(C)C. The molecule has 0 saturated heterocycles. The third-order valence-electron chi connectivity index (χ3n) is 8.26. The van der Waals surface area contributed by atoms with E-state index < -0.39 is 48.2 Å². The number of aromatic nitrogens is 1. The Morgan fingerprint density at radius 3 is 2.00 bits per heavy atom. The highest BCUT2D eigenvalue weighted by Gasteiger charge is 2.31. The molecular weight excluding hydrogens is 662 g/mol. The monoisotopic (exact) mass is 709 g/mol. The van der Waals surface area contributed by atoms with E-state index >= 15 is 0 Å². The van der Waals surface area contributed by atoms with E-state index in [0.29, 0.717) is 12.1 Å². The summed E-state index contributed by atoms with van der Waals surface area (Å²) in [6, 6.07) is 28.5. The summed E-state index contributed by atoms with van der Waals surface area (Å²) in [6.07, 6.45) is -0.255. The van der Waals surface area contributed by atoms with Crippen molar-refractivity contribution < 1.29 is 33.8 Å². The van der Waals surface area contributed by atoms with E-state index in [1.54, 1.807) is 69.4 Å². The van der Waals surface area contributed by atoms with E-state index in [2.05, 4.69) is 26.3 Å². The molecule has 0 aliphatic rings. The molecule has 0 aliphatic carbocycles. The van der Waals surface area contributed by atoms with E-state index in [1.165, 1.54) is 0 Å². The summed E-state index contributed by atoms with van der Waals surface area (Å²) in [4.78, 5) is 56.5. The number of hydrogen-bond acceptors (Lipinski definition) is 8. The van der Waals surface area contributed by atoms with Crippen LogP contribution in [-0.2, 0) is 33.7 Å². The smallest absolute Gasteiger partial charge is 0.412 e. The van der Waals surface area contributed by atoms with Crippen molar-refractivity contribution in [3.63, 3.8) is 0 Å². The van der Waals surface area contributed by atoms with E-state index in [-0.39, 0.29) is 43.2 Å². The lowest BCUT2D eigenvalue weighted by Gasteiger charge is -2.30. The number of benzene rings is 3. The molecule has 3 aromatic carbocycles. The molecule has 0 radical (unpaired) electrons. The van der Waals surface area contributed by atoms with Gasteiger partial charge in [-0.3, -0.25) is 19.9 Å². The van der Waals surface area contributed by atoms with Crippen LogP contribution in [0.3, 0.4) is 0 Å². The van der Waals surface area contributed by atoms with Gasteiger partial charge in [-0.25, -0.2) is 9.59 Å². The highest BCUT2D eigenvalue weighted by Crippen LogP contribution is 2.19. The van der Waals surface area contributed by atoms with Crippen molar-refractivity contribution in [1.29, 1.82) is 0 Å². The number of rotatable bonds is 17. The Morgan fingerprint density at radius 2 is 1.37 bits per heavy atom. The predicted molar refractivity (Wildman–Crippen MR) is 197 cm³/mol. The summed E-state index contributed by atoms with van der Waals surface area (Å²) in [5.74, 6) is -1.22. The van der Waals surface area contributed by atoms with Gasteiger partial charge in [-0.15, -0.1) is 0 Å². The first-order valence-corrected chi connectivity index (χ1v) is 17.4. The third-order valence-corrected chi connectivity index (χ3v) is 8.26. The number of carbonyl (C=O) groups excluding carboxylic acids is 4. The molecule has 1 heterocycles. The number of nitrogens with one attached hydrogen (secondary N) is 4. The molecule has 52 heavy (non-hydrogen) atoms. The van der Waals surface area contributed by atoms with Crippen LogP contribution in [0.15, 0.2) is 109 Å². The fraction of sp³-hybridized carbons (Fsp3) is 0.325. The minimum Gasteiger partial charge on any atom is -0.450 e. The topological polar surface area (TPSA) is 168 Å². The van der Waals surface area contributed by atoms with E-state index in [0.717, 1.165) is 11.1 Å². The van der Waals surface area contributed by atoms with E-state index in [1.807, 2.05) is 60.7 Å². The van der Waals surface area contributed by atoms with Gasteiger partial charge < -0.3 is 30.5 Å². The predicted octanol–water partition coefficient (Wildman–Crippen LogP) is 5.42. The van der Waals surface area contributed by atoms with E-state index in [9.17, 15) is 24.3 Å². The van der Waals surface area contributed by atoms with Crippen molar-refractivity contribution in [3.8, 4) is 0 Å². The van der Waals surface area contributed by atoms with Crippen LogP contribution < -0.4 is 21.3 Å². The summed E-state index contributed by atoms with van der Waals surface area (Å²) >= 11 is 0. The number of amides is 4. The molecule has 4 atom stereocenters. The number of hydrogen-bond donors (Lipinski definition) is 5. The summed E-state index contributed by atoms with van der Waals surface area (Å²) in [7, 11) is 0. The van der Waals surface area contributed by atoms with Crippen LogP contribution in [0, 0.1) is 5.92 Å². The lowest BCUT2D eigenvalue weighted by molar-refractivity contribution is -0.125. The maximum Gasteiger partial charge on any atom is 0.412 e. The van der Waals surface area contributed by atoms with Gasteiger partial charge in [0, 0.05) is 12.2 Å². The standard InChI is InChI=1S/C40H47N5O7/c1-4-51-40(50)45-36(27(2)3)38(48)43-34(24-29-17-9-6-10-18-29)35(46)25-31(23-28-15-7-5-8-16-28)42-37(47)32-20-11-12-21-33(32)44-39(49)52-26-30-19-13-14-22-41-30/h5-22,27,31,34-36,46H,4,23-26H2,1-3H3,(H,42,47)(H,43,48)(H,44,49)(H,45,50)/t31-,34-,35-,36+/m0/s1. The minimum atomic E-state index is -1.12. The number of alkyl carbamates (subject to hydrolysis) is 1. The second-order valence-electron chi connectivity index (χ2n) is 12.6.